The molecule has 8 heteroatoms. The summed E-state index contributed by atoms with van der Waals surface area (Å²) in [5, 5.41) is 5.29. The molecule has 4 heterocycles. The maximum Gasteiger partial charge on any atom is 0.316 e. The number of aryl methyl sites for hydroxylation is 2. The third kappa shape index (κ3) is 3.24. The first-order chi connectivity index (χ1) is 12.2. The van der Waals surface area contributed by atoms with E-state index in [1.165, 1.54) is 0 Å². The fourth-order valence-corrected chi connectivity index (χ4v) is 3.24. The van der Waals surface area contributed by atoms with Crippen molar-refractivity contribution >= 4 is 16.9 Å². The lowest BCUT2D eigenvalue weighted by atomic mass is 9.99. The normalized spacial score (nSPS) is 17.8. The Bertz CT molecular complexity index is 861. The third-order valence-corrected chi connectivity index (χ3v) is 4.53. The molecule has 0 aliphatic carbocycles. The van der Waals surface area contributed by atoms with Gasteiger partial charge in [-0.3, -0.25) is 4.68 Å². The van der Waals surface area contributed by atoms with Gasteiger partial charge in [-0.15, -0.1) is 0 Å². The average Bonchev–Trinajstić information content (AvgIpc) is 3.03. The Morgan fingerprint density at radius 2 is 2.00 bits per heavy atom. The average molecular weight is 339 g/mol. The summed E-state index contributed by atoms with van der Waals surface area (Å²) >= 11 is 0. The maximum absolute atomic E-state index is 5.78. The van der Waals surface area contributed by atoms with Crippen molar-refractivity contribution in [2.75, 3.05) is 24.6 Å². The number of hydrogen-bond acceptors (Lipinski definition) is 7. The Labute approximate surface area is 145 Å². The first kappa shape index (κ1) is 15.7. The van der Waals surface area contributed by atoms with E-state index in [1.807, 2.05) is 20.2 Å². The molecule has 4 rings (SSSR count). The van der Waals surface area contributed by atoms with Gasteiger partial charge in [-0.25, -0.2) is 19.9 Å². The zero-order valence-electron chi connectivity index (χ0n) is 14.5. The van der Waals surface area contributed by atoms with Crippen LogP contribution in [0.2, 0.25) is 0 Å². The van der Waals surface area contributed by atoms with Crippen LogP contribution in [-0.2, 0) is 7.05 Å². The minimum atomic E-state index is 0.417. The molecule has 3 aromatic rings. The highest BCUT2D eigenvalue weighted by Gasteiger charge is 2.24. The van der Waals surface area contributed by atoms with Gasteiger partial charge in [0, 0.05) is 38.4 Å². The number of fused-ring (bicyclic) bond motifs is 1. The molecule has 1 aliphatic rings. The van der Waals surface area contributed by atoms with Crippen LogP contribution in [0.5, 0.6) is 6.01 Å². The molecule has 3 aromatic heterocycles. The molecular formula is C17H21N7O. The number of aromatic nitrogens is 6. The Morgan fingerprint density at radius 1 is 1.16 bits per heavy atom. The topological polar surface area (TPSA) is 81.9 Å². The molecule has 25 heavy (non-hydrogen) atoms. The summed E-state index contributed by atoms with van der Waals surface area (Å²) in [5.74, 6) is 1.37. The van der Waals surface area contributed by atoms with Crippen LogP contribution in [0.25, 0.3) is 11.0 Å². The van der Waals surface area contributed by atoms with E-state index >= 15 is 0 Å². The Kier molecular flexibility index (Phi) is 4.17. The highest BCUT2D eigenvalue weighted by Crippen LogP contribution is 2.27. The Balaban J connectivity index is 1.46. The molecule has 1 atom stereocenters. The molecule has 0 aromatic carbocycles. The van der Waals surface area contributed by atoms with Crippen LogP contribution in [0, 0.1) is 12.8 Å². The lowest BCUT2D eigenvalue weighted by Crippen LogP contribution is -2.38. The second-order valence-electron chi connectivity index (χ2n) is 6.51. The van der Waals surface area contributed by atoms with Crippen molar-refractivity contribution in [2.24, 2.45) is 13.0 Å². The summed E-state index contributed by atoms with van der Waals surface area (Å²) in [6, 6.07) is 0.444. The molecule has 1 saturated heterocycles. The maximum atomic E-state index is 5.78. The number of rotatable bonds is 4. The van der Waals surface area contributed by atoms with E-state index in [9.17, 15) is 0 Å². The fourth-order valence-electron chi connectivity index (χ4n) is 3.24. The van der Waals surface area contributed by atoms with E-state index in [-0.39, 0.29) is 0 Å². The number of anilines is 1. The van der Waals surface area contributed by atoms with E-state index in [0.29, 0.717) is 18.5 Å². The minimum Gasteiger partial charge on any atom is -0.463 e. The van der Waals surface area contributed by atoms with Crippen molar-refractivity contribution in [3.8, 4) is 6.01 Å². The van der Waals surface area contributed by atoms with Gasteiger partial charge in [0.15, 0.2) is 5.65 Å². The van der Waals surface area contributed by atoms with Gasteiger partial charge < -0.3 is 9.64 Å². The quantitative estimate of drug-likeness (QED) is 0.716. The minimum absolute atomic E-state index is 0.417. The van der Waals surface area contributed by atoms with E-state index in [2.05, 4.69) is 29.9 Å². The van der Waals surface area contributed by atoms with Crippen LogP contribution < -0.4 is 9.64 Å². The summed E-state index contributed by atoms with van der Waals surface area (Å²) in [6.45, 7) is 4.45. The molecule has 0 N–H and O–H groups in total. The zero-order valence-corrected chi connectivity index (χ0v) is 14.5. The van der Waals surface area contributed by atoms with E-state index in [4.69, 9.17) is 4.74 Å². The summed E-state index contributed by atoms with van der Waals surface area (Å²) in [5.41, 5.74) is 1.89. The zero-order chi connectivity index (χ0) is 17.2. The van der Waals surface area contributed by atoms with Crippen LogP contribution in [0.4, 0.5) is 5.82 Å². The highest BCUT2D eigenvalue weighted by atomic mass is 16.5. The van der Waals surface area contributed by atoms with E-state index in [1.54, 1.807) is 23.4 Å². The van der Waals surface area contributed by atoms with Crippen LogP contribution in [0.3, 0.4) is 0 Å². The summed E-state index contributed by atoms with van der Waals surface area (Å²) in [6.07, 6.45) is 9.23. The lowest BCUT2D eigenvalue weighted by molar-refractivity contribution is 0.214. The van der Waals surface area contributed by atoms with Crippen molar-refractivity contribution in [2.45, 2.75) is 19.8 Å². The third-order valence-electron chi connectivity index (χ3n) is 4.53. The molecule has 130 valence electrons. The SMILES string of the molecule is Cc1cnc(OCC2CCCN(c3ncnc4c3cnn4C)C2)nc1. The predicted molar refractivity (Wildman–Crippen MR) is 93.5 cm³/mol. The first-order valence-corrected chi connectivity index (χ1v) is 8.50. The van der Waals surface area contributed by atoms with E-state index in [0.717, 1.165) is 48.3 Å². The van der Waals surface area contributed by atoms with Gasteiger partial charge in [0.05, 0.1) is 18.2 Å². The molecule has 1 aliphatic heterocycles. The Hall–Kier alpha value is -2.77. The molecule has 0 bridgehead atoms. The van der Waals surface area contributed by atoms with Gasteiger partial charge >= 0.3 is 6.01 Å². The second-order valence-corrected chi connectivity index (χ2v) is 6.51. The van der Waals surface area contributed by atoms with Crippen LogP contribution in [-0.4, -0.2) is 49.4 Å². The van der Waals surface area contributed by atoms with Gasteiger partial charge in [-0.05, 0) is 25.3 Å². The van der Waals surface area contributed by atoms with Crippen LogP contribution in [0.15, 0.2) is 24.9 Å². The lowest BCUT2D eigenvalue weighted by Gasteiger charge is -2.33. The van der Waals surface area contributed by atoms with Crippen LogP contribution >= 0.6 is 0 Å². The fraction of sp³-hybridized carbons (Fsp3) is 0.471. The molecule has 8 nitrogen and oxygen atoms in total. The molecular weight excluding hydrogens is 318 g/mol. The van der Waals surface area contributed by atoms with Crippen LogP contribution in [0.1, 0.15) is 18.4 Å². The molecule has 1 fully saturated rings. The highest BCUT2D eigenvalue weighted by molar-refractivity contribution is 5.86. The number of piperidine rings is 1. The summed E-state index contributed by atoms with van der Waals surface area (Å²) in [7, 11) is 1.90. The molecule has 0 amide bonds. The molecule has 0 spiro atoms. The number of hydrogen-bond donors (Lipinski definition) is 0. The molecule has 1 unspecified atom stereocenters. The number of ether oxygens (including phenoxy) is 1. The monoisotopic (exact) mass is 339 g/mol. The van der Waals surface area contributed by atoms with Crippen molar-refractivity contribution in [3.63, 3.8) is 0 Å². The first-order valence-electron chi connectivity index (χ1n) is 8.50. The largest absolute Gasteiger partial charge is 0.463 e. The van der Waals surface area contributed by atoms with Gasteiger partial charge in [0.25, 0.3) is 0 Å². The Morgan fingerprint density at radius 3 is 2.84 bits per heavy atom. The molecule has 0 radical (unpaired) electrons. The van der Waals surface area contributed by atoms with Crippen molar-refractivity contribution in [1.82, 2.24) is 29.7 Å². The predicted octanol–water partition coefficient (Wildman–Crippen LogP) is 1.76. The van der Waals surface area contributed by atoms with Crippen molar-refractivity contribution in [3.05, 3.63) is 30.5 Å². The summed E-state index contributed by atoms with van der Waals surface area (Å²) < 4.78 is 7.56. The smallest absolute Gasteiger partial charge is 0.316 e. The summed E-state index contributed by atoms with van der Waals surface area (Å²) in [4.78, 5) is 19.5. The van der Waals surface area contributed by atoms with Gasteiger partial charge in [-0.2, -0.15) is 5.10 Å². The van der Waals surface area contributed by atoms with Gasteiger partial charge in [0.2, 0.25) is 0 Å². The van der Waals surface area contributed by atoms with Gasteiger partial charge in [-0.1, -0.05) is 0 Å². The standard InChI is InChI=1S/C17H21N7O/c1-12-6-18-17(19-7-12)25-10-13-4-3-5-24(9-13)16-14-8-22-23(2)15(14)20-11-21-16/h6-8,11,13H,3-5,9-10H2,1-2H3. The second kappa shape index (κ2) is 6.62. The van der Waals surface area contributed by atoms with Crippen molar-refractivity contribution in [1.29, 1.82) is 0 Å². The van der Waals surface area contributed by atoms with E-state index < -0.39 is 0 Å². The van der Waals surface area contributed by atoms with Gasteiger partial charge in [0.1, 0.15) is 12.1 Å². The number of nitrogens with zero attached hydrogens (tertiary/aromatic N) is 7. The van der Waals surface area contributed by atoms with Crippen molar-refractivity contribution < 1.29 is 4.74 Å². The molecule has 0 saturated carbocycles.